The van der Waals surface area contributed by atoms with E-state index in [1.807, 2.05) is 30.8 Å². The van der Waals surface area contributed by atoms with Gasteiger partial charge >= 0.3 is 0 Å². The van der Waals surface area contributed by atoms with Crippen molar-refractivity contribution in [1.29, 1.82) is 0 Å². The molecule has 0 bridgehead atoms. The average Bonchev–Trinajstić information content (AvgIpc) is 2.50. The van der Waals surface area contributed by atoms with Crippen LogP contribution in [0.25, 0.3) is 11.2 Å². The van der Waals surface area contributed by atoms with Gasteiger partial charge in [0.15, 0.2) is 5.65 Å². The normalized spacial score (nSPS) is 11.4. The van der Waals surface area contributed by atoms with Crippen LogP contribution in [-0.4, -0.2) is 40.1 Å². The molecule has 0 amide bonds. The lowest BCUT2D eigenvalue weighted by Gasteiger charge is -2.10. The molecule has 0 atom stereocenters. The molecule has 0 aromatic carbocycles. The number of anilines is 1. The number of nitrogen functional groups attached to an aromatic ring is 1. The Morgan fingerprint density at radius 3 is 3.00 bits per heavy atom. The molecule has 0 fully saturated rings. The summed E-state index contributed by atoms with van der Waals surface area (Å²) in [6.07, 6.45) is 1.76. The lowest BCUT2D eigenvalue weighted by molar-refractivity contribution is 0.387. The van der Waals surface area contributed by atoms with Crippen LogP contribution in [-0.2, 0) is 6.54 Å². The third-order valence-electron chi connectivity index (χ3n) is 2.30. The van der Waals surface area contributed by atoms with E-state index in [1.54, 1.807) is 6.20 Å². The number of rotatable bonds is 3. The van der Waals surface area contributed by atoms with Gasteiger partial charge in [-0.05, 0) is 26.2 Å². The quantitative estimate of drug-likeness (QED) is 0.796. The molecule has 2 rings (SSSR count). The van der Waals surface area contributed by atoms with Crippen molar-refractivity contribution in [1.82, 2.24) is 19.4 Å². The third kappa shape index (κ3) is 1.92. The zero-order valence-corrected chi connectivity index (χ0v) is 9.01. The van der Waals surface area contributed by atoms with Crippen LogP contribution in [0.1, 0.15) is 0 Å². The van der Waals surface area contributed by atoms with Crippen LogP contribution < -0.4 is 5.73 Å². The lowest BCUT2D eigenvalue weighted by atomic mass is 10.4. The van der Waals surface area contributed by atoms with Crippen LogP contribution in [0.3, 0.4) is 0 Å². The van der Waals surface area contributed by atoms with Gasteiger partial charge in [-0.1, -0.05) is 0 Å². The number of nitrogens with two attached hydrogens (primary N) is 1. The van der Waals surface area contributed by atoms with E-state index in [1.165, 1.54) is 0 Å². The Balaban J connectivity index is 2.36. The minimum atomic E-state index is 0.533. The minimum Gasteiger partial charge on any atom is -0.369 e. The lowest BCUT2D eigenvalue weighted by Crippen LogP contribution is -2.19. The van der Waals surface area contributed by atoms with E-state index in [-0.39, 0.29) is 0 Å². The van der Waals surface area contributed by atoms with Gasteiger partial charge in [-0.15, -0.1) is 0 Å². The fraction of sp³-hybridized carbons (Fsp3) is 0.400. The highest BCUT2D eigenvalue weighted by molar-refractivity contribution is 5.73. The zero-order chi connectivity index (χ0) is 10.8. The van der Waals surface area contributed by atoms with Gasteiger partial charge < -0.3 is 10.6 Å². The van der Waals surface area contributed by atoms with Gasteiger partial charge in [0, 0.05) is 19.3 Å². The number of aromatic nitrogens is 3. The number of hydrogen-bond acceptors (Lipinski definition) is 4. The van der Waals surface area contributed by atoms with Crippen molar-refractivity contribution in [3.63, 3.8) is 0 Å². The summed E-state index contributed by atoms with van der Waals surface area (Å²) in [5.41, 5.74) is 7.55. The molecule has 0 radical (unpaired) electrons. The fourth-order valence-electron chi connectivity index (χ4n) is 1.50. The molecule has 0 aliphatic heterocycles. The second-order valence-electron chi connectivity index (χ2n) is 3.77. The Kier molecular flexibility index (Phi) is 2.55. The topological polar surface area (TPSA) is 60.0 Å². The summed E-state index contributed by atoms with van der Waals surface area (Å²) in [7, 11) is 4.06. The summed E-state index contributed by atoms with van der Waals surface area (Å²) in [6.45, 7) is 1.73. The smallest absolute Gasteiger partial charge is 0.202 e. The average molecular weight is 205 g/mol. The van der Waals surface area contributed by atoms with Crippen molar-refractivity contribution in [2.24, 2.45) is 0 Å². The van der Waals surface area contributed by atoms with Crippen molar-refractivity contribution in [3.05, 3.63) is 18.3 Å². The molecular weight excluding hydrogens is 190 g/mol. The Morgan fingerprint density at radius 2 is 2.27 bits per heavy atom. The summed E-state index contributed by atoms with van der Waals surface area (Å²) >= 11 is 0. The molecule has 5 nitrogen and oxygen atoms in total. The predicted octanol–water partition coefficient (Wildman–Crippen LogP) is 0.575. The molecule has 0 saturated heterocycles. The first-order valence-electron chi connectivity index (χ1n) is 4.90. The van der Waals surface area contributed by atoms with E-state index in [0.717, 1.165) is 24.3 Å². The van der Waals surface area contributed by atoms with E-state index >= 15 is 0 Å². The number of hydrogen-bond donors (Lipinski definition) is 1. The third-order valence-corrected chi connectivity index (χ3v) is 2.30. The molecule has 0 aliphatic rings. The number of imidazole rings is 1. The van der Waals surface area contributed by atoms with E-state index in [0.29, 0.717) is 5.95 Å². The van der Waals surface area contributed by atoms with E-state index in [4.69, 9.17) is 5.73 Å². The van der Waals surface area contributed by atoms with Crippen molar-refractivity contribution < 1.29 is 0 Å². The first-order chi connectivity index (χ1) is 7.18. The largest absolute Gasteiger partial charge is 0.369 e. The highest BCUT2D eigenvalue weighted by Crippen LogP contribution is 2.14. The van der Waals surface area contributed by atoms with E-state index in [2.05, 4.69) is 14.9 Å². The van der Waals surface area contributed by atoms with Crippen LogP contribution in [0, 0.1) is 0 Å². The van der Waals surface area contributed by atoms with Gasteiger partial charge in [0.25, 0.3) is 0 Å². The van der Waals surface area contributed by atoms with Crippen molar-refractivity contribution in [3.8, 4) is 0 Å². The standard InChI is InChI=1S/C10H15N5/c1-14(2)6-7-15-9-8(13-10(15)11)4-3-5-12-9/h3-5H,6-7H2,1-2H3,(H2,11,13). The fourth-order valence-corrected chi connectivity index (χ4v) is 1.50. The Hall–Kier alpha value is -1.62. The first-order valence-corrected chi connectivity index (χ1v) is 4.90. The maximum absolute atomic E-state index is 5.83. The van der Waals surface area contributed by atoms with Gasteiger partial charge in [0.1, 0.15) is 5.52 Å². The van der Waals surface area contributed by atoms with E-state index in [9.17, 15) is 0 Å². The molecule has 0 spiro atoms. The summed E-state index contributed by atoms with van der Waals surface area (Å²) in [6, 6.07) is 3.79. The Labute approximate surface area is 88.5 Å². The van der Waals surface area contributed by atoms with Crippen LogP contribution >= 0.6 is 0 Å². The predicted molar refractivity (Wildman–Crippen MR) is 60.5 cm³/mol. The minimum absolute atomic E-state index is 0.533. The zero-order valence-electron chi connectivity index (χ0n) is 9.01. The van der Waals surface area contributed by atoms with Gasteiger partial charge in [0.05, 0.1) is 0 Å². The van der Waals surface area contributed by atoms with Crippen LogP contribution in [0.4, 0.5) is 5.95 Å². The monoisotopic (exact) mass is 205 g/mol. The molecule has 2 N–H and O–H groups in total. The second-order valence-corrected chi connectivity index (χ2v) is 3.77. The molecule has 5 heteroatoms. The molecule has 0 aliphatic carbocycles. The van der Waals surface area contributed by atoms with Gasteiger partial charge in [-0.2, -0.15) is 0 Å². The summed E-state index contributed by atoms with van der Waals surface area (Å²) in [5.74, 6) is 0.533. The molecule has 80 valence electrons. The maximum Gasteiger partial charge on any atom is 0.202 e. The molecular formula is C10H15N5. The molecule has 0 saturated carbocycles. The van der Waals surface area contributed by atoms with Crippen LogP contribution in [0.5, 0.6) is 0 Å². The first kappa shape index (κ1) is 9.92. The van der Waals surface area contributed by atoms with E-state index < -0.39 is 0 Å². The Bertz CT molecular complexity index is 460. The maximum atomic E-state index is 5.83. The summed E-state index contributed by atoms with van der Waals surface area (Å²) < 4.78 is 1.94. The van der Waals surface area contributed by atoms with Gasteiger partial charge in [0.2, 0.25) is 5.95 Å². The number of nitrogens with zero attached hydrogens (tertiary/aromatic N) is 4. The van der Waals surface area contributed by atoms with Crippen molar-refractivity contribution in [2.75, 3.05) is 26.4 Å². The SMILES string of the molecule is CN(C)CCn1c(N)nc2cccnc21. The molecule has 15 heavy (non-hydrogen) atoms. The summed E-state index contributed by atoms with van der Waals surface area (Å²) in [5, 5.41) is 0. The highest BCUT2D eigenvalue weighted by Gasteiger charge is 2.07. The van der Waals surface area contributed by atoms with Gasteiger partial charge in [-0.25, -0.2) is 9.97 Å². The van der Waals surface area contributed by atoms with Crippen LogP contribution in [0.2, 0.25) is 0 Å². The molecule has 2 heterocycles. The number of likely N-dealkylation sites (N-methyl/N-ethyl adjacent to an activating group) is 1. The number of pyridine rings is 1. The van der Waals surface area contributed by atoms with Crippen molar-refractivity contribution >= 4 is 17.1 Å². The highest BCUT2D eigenvalue weighted by atomic mass is 15.2. The Morgan fingerprint density at radius 1 is 1.47 bits per heavy atom. The summed E-state index contributed by atoms with van der Waals surface area (Å²) in [4.78, 5) is 10.6. The second kappa shape index (κ2) is 3.86. The van der Waals surface area contributed by atoms with Crippen molar-refractivity contribution in [2.45, 2.75) is 6.54 Å². The van der Waals surface area contributed by atoms with Gasteiger partial charge in [-0.3, -0.25) is 4.57 Å². The number of fused-ring (bicyclic) bond motifs is 1. The molecule has 2 aromatic rings. The molecule has 2 aromatic heterocycles. The molecule has 0 unspecified atom stereocenters. The van der Waals surface area contributed by atoms with Crippen LogP contribution in [0.15, 0.2) is 18.3 Å².